The zero-order chi connectivity index (χ0) is 13.2. The van der Waals surface area contributed by atoms with E-state index in [0.29, 0.717) is 25.6 Å². The van der Waals surface area contributed by atoms with E-state index in [1.54, 1.807) is 0 Å². The summed E-state index contributed by atoms with van der Waals surface area (Å²) in [6.07, 6.45) is -0.861. The highest BCUT2D eigenvalue weighted by Gasteiger charge is 2.30. The van der Waals surface area contributed by atoms with Crippen LogP contribution in [0.1, 0.15) is 0 Å². The van der Waals surface area contributed by atoms with Crippen LogP contribution in [0.3, 0.4) is 0 Å². The monoisotopic (exact) mass is 258 g/mol. The van der Waals surface area contributed by atoms with Gasteiger partial charge in [0, 0.05) is 30.5 Å². The Kier molecular flexibility index (Phi) is 2.95. The smallest absolute Gasteiger partial charge is 0.407 e. The SMILES string of the molecule is O=C(O)N1CC(COc2ccc3ccccc3n2)C1. The highest BCUT2D eigenvalue weighted by atomic mass is 16.5. The Bertz CT molecular complexity index is 608. The maximum absolute atomic E-state index is 10.6. The molecule has 0 bridgehead atoms. The molecule has 19 heavy (non-hydrogen) atoms. The fourth-order valence-electron chi connectivity index (χ4n) is 2.16. The van der Waals surface area contributed by atoms with E-state index < -0.39 is 6.09 Å². The Morgan fingerprint density at radius 3 is 2.89 bits per heavy atom. The minimum Gasteiger partial charge on any atom is -0.477 e. The first-order valence-electron chi connectivity index (χ1n) is 6.19. The number of rotatable bonds is 3. The molecule has 0 radical (unpaired) electrons. The molecular weight excluding hydrogens is 244 g/mol. The summed E-state index contributed by atoms with van der Waals surface area (Å²) >= 11 is 0. The highest BCUT2D eigenvalue weighted by molar-refractivity contribution is 5.78. The number of aromatic nitrogens is 1. The van der Waals surface area contributed by atoms with E-state index >= 15 is 0 Å². The molecule has 1 fully saturated rings. The molecule has 5 nitrogen and oxygen atoms in total. The van der Waals surface area contributed by atoms with Crippen LogP contribution >= 0.6 is 0 Å². The standard InChI is InChI=1S/C14H14N2O3/c17-14(18)16-7-10(8-16)9-19-13-6-5-11-3-1-2-4-12(11)15-13/h1-6,10H,7-9H2,(H,17,18). The average Bonchev–Trinajstić information content (AvgIpc) is 2.36. The summed E-state index contributed by atoms with van der Waals surface area (Å²) in [5, 5.41) is 9.81. The number of benzene rings is 1. The molecule has 3 rings (SSSR count). The van der Waals surface area contributed by atoms with Crippen molar-refractivity contribution in [2.75, 3.05) is 19.7 Å². The molecule has 0 saturated carbocycles. The molecule has 1 N–H and O–H groups in total. The number of amides is 1. The van der Waals surface area contributed by atoms with Crippen LogP contribution in [0.25, 0.3) is 10.9 Å². The molecule has 0 spiro atoms. The second kappa shape index (κ2) is 4.76. The second-order valence-electron chi connectivity index (χ2n) is 4.71. The number of carbonyl (C=O) groups is 1. The third-order valence-corrected chi connectivity index (χ3v) is 3.27. The fraction of sp³-hybridized carbons (Fsp3) is 0.286. The number of pyridine rings is 1. The normalized spacial score (nSPS) is 15.3. The lowest BCUT2D eigenvalue weighted by Crippen LogP contribution is -2.51. The van der Waals surface area contributed by atoms with E-state index in [1.165, 1.54) is 4.90 Å². The van der Waals surface area contributed by atoms with Crippen molar-refractivity contribution in [3.8, 4) is 5.88 Å². The minimum atomic E-state index is -0.861. The molecule has 0 unspecified atom stereocenters. The van der Waals surface area contributed by atoms with E-state index in [2.05, 4.69) is 4.98 Å². The summed E-state index contributed by atoms with van der Waals surface area (Å²) in [5.74, 6) is 0.858. The third kappa shape index (κ3) is 2.45. The molecule has 2 heterocycles. The maximum Gasteiger partial charge on any atom is 0.407 e. The lowest BCUT2D eigenvalue weighted by atomic mass is 10.0. The average molecular weight is 258 g/mol. The first-order valence-corrected chi connectivity index (χ1v) is 6.19. The molecule has 0 aliphatic carbocycles. The van der Waals surface area contributed by atoms with Gasteiger partial charge < -0.3 is 14.7 Å². The van der Waals surface area contributed by atoms with E-state index in [1.807, 2.05) is 36.4 Å². The van der Waals surface area contributed by atoms with Gasteiger partial charge in [-0.05, 0) is 12.1 Å². The molecule has 1 aliphatic rings. The molecule has 5 heteroatoms. The minimum absolute atomic E-state index is 0.268. The Balaban J connectivity index is 1.59. The van der Waals surface area contributed by atoms with Crippen molar-refractivity contribution in [1.29, 1.82) is 0 Å². The third-order valence-electron chi connectivity index (χ3n) is 3.27. The van der Waals surface area contributed by atoms with Gasteiger partial charge in [-0.3, -0.25) is 0 Å². The summed E-state index contributed by atoms with van der Waals surface area (Å²) < 4.78 is 5.62. The maximum atomic E-state index is 10.6. The summed E-state index contributed by atoms with van der Waals surface area (Å²) in [4.78, 5) is 16.4. The van der Waals surface area contributed by atoms with Crippen molar-refractivity contribution in [2.45, 2.75) is 0 Å². The number of nitrogens with zero attached hydrogens (tertiary/aromatic N) is 2. The first-order chi connectivity index (χ1) is 9.22. The number of hydrogen-bond acceptors (Lipinski definition) is 3. The van der Waals surface area contributed by atoms with Gasteiger partial charge in [0.1, 0.15) is 0 Å². The van der Waals surface area contributed by atoms with Crippen molar-refractivity contribution < 1.29 is 14.6 Å². The summed E-state index contributed by atoms with van der Waals surface area (Å²) in [6.45, 7) is 1.60. The fourth-order valence-corrected chi connectivity index (χ4v) is 2.16. The zero-order valence-electron chi connectivity index (χ0n) is 10.3. The zero-order valence-corrected chi connectivity index (χ0v) is 10.3. The van der Waals surface area contributed by atoms with Gasteiger partial charge >= 0.3 is 6.09 Å². The first kappa shape index (κ1) is 11.8. The number of carboxylic acid groups (broad SMARTS) is 1. The van der Waals surface area contributed by atoms with Gasteiger partial charge in [0.15, 0.2) is 0 Å². The quantitative estimate of drug-likeness (QED) is 0.917. The van der Waals surface area contributed by atoms with Crippen molar-refractivity contribution in [2.24, 2.45) is 5.92 Å². The van der Waals surface area contributed by atoms with Crippen molar-refractivity contribution in [1.82, 2.24) is 9.88 Å². The summed E-state index contributed by atoms with van der Waals surface area (Å²) in [5.41, 5.74) is 0.903. The molecule has 1 aromatic heterocycles. The molecule has 1 saturated heterocycles. The van der Waals surface area contributed by atoms with E-state index in [4.69, 9.17) is 9.84 Å². The van der Waals surface area contributed by atoms with Crippen molar-refractivity contribution in [3.05, 3.63) is 36.4 Å². The number of likely N-dealkylation sites (tertiary alicyclic amines) is 1. The summed E-state index contributed by atoms with van der Waals surface area (Å²) in [7, 11) is 0. The number of para-hydroxylation sites is 1. The molecule has 98 valence electrons. The molecule has 1 amide bonds. The Morgan fingerprint density at radius 2 is 2.11 bits per heavy atom. The van der Waals surface area contributed by atoms with Gasteiger partial charge in [0.25, 0.3) is 0 Å². The predicted octanol–water partition coefficient (Wildman–Crippen LogP) is 2.22. The van der Waals surface area contributed by atoms with Crippen LogP contribution in [0.2, 0.25) is 0 Å². The van der Waals surface area contributed by atoms with E-state index in [0.717, 1.165) is 10.9 Å². The van der Waals surface area contributed by atoms with Gasteiger partial charge in [-0.15, -0.1) is 0 Å². The Hall–Kier alpha value is -2.30. The molecule has 2 aromatic rings. The van der Waals surface area contributed by atoms with Crippen LogP contribution in [0.15, 0.2) is 36.4 Å². The van der Waals surface area contributed by atoms with Gasteiger partial charge in [0.2, 0.25) is 5.88 Å². The highest BCUT2D eigenvalue weighted by Crippen LogP contribution is 2.19. The van der Waals surface area contributed by atoms with Gasteiger partial charge in [-0.1, -0.05) is 18.2 Å². The van der Waals surface area contributed by atoms with Crippen LogP contribution in [-0.4, -0.2) is 40.8 Å². The van der Waals surface area contributed by atoms with Gasteiger partial charge in [-0.25, -0.2) is 9.78 Å². The van der Waals surface area contributed by atoms with Crippen molar-refractivity contribution >= 4 is 17.0 Å². The van der Waals surface area contributed by atoms with Crippen LogP contribution in [-0.2, 0) is 0 Å². The second-order valence-corrected chi connectivity index (χ2v) is 4.71. The molecule has 0 atom stereocenters. The van der Waals surface area contributed by atoms with Crippen LogP contribution < -0.4 is 4.74 Å². The lowest BCUT2D eigenvalue weighted by Gasteiger charge is -2.36. The van der Waals surface area contributed by atoms with Crippen LogP contribution in [0.4, 0.5) is 4.79 Å². The Labute approximate surface area is 110 Å². The topological polar surface area (TPSA) is 62.7 Å². The van der Waals surface area contributed by atoms with Crippen molar-refractivity contribution in [3.63, 3.8) is 0 Å². The van der Waals surface area contributed by atoms with Gasteiger partial charge in [0.05, 0.1) is 12.1 Å². The largest absolute Gasteiger partial charge is 0.477 e. The van der Waals surface area contributed by atoms with Gasteiger partial charge in [-0.2, -0.15) is 0 Å². The Morgan fingerprint density at radius 1 is 1.32 bits per heavy atom. The molecule has 1 aromatic carbocycles. The van der Waals surface area contributed by atoms with E-state index in [-0.39, 0.29) is 5.92 Å². The lowest BCUT2D eigenvalue weighted by molar-refractivity contribution is 0.0576. The summed E-state index contributed by atoms with van der Waals surface area (Å²) in [6, 6.07) is 11.7. The molecular formula is C14H14N2O3. The van der Waals surface area contributed by atoms with E-state index in [9.17, 15) is 4.79 Å². The number of hydrogen-bond donors (Lipinski definition) is 1. The van der Waals surface area contributed by atoms with Crippen LogP contribution in [0, 0.1) is 5.92 Å². The predicted molar refractivity (Wildman–Crippen MR) is 70.3 cm³/mol. The number of fused-ring (bicyclic) bond motifs is 1. The number of ether oxygens (including phenoxy) is 1. The van der Waals surface area contributed by atoms with Crippen LogP contribution in [0.5, 0.6) is 5.88 Å². The molecule has 1 aliphatic heterocycles.